The number of carbonyl (C=O) groups is 1. The minimum Gasteiger partial charge on any atom is -0.337 e. The molecule has 0 aliphatic rings. The zero-order valence-electron chi connectivity index (χ0n) is 11.8. The quantitative estimate of drug-likeness (QED) is 0.804. The highest BCUT2D eigenvalue weighted by Crippen LogP contribution is 2.24. The van der Waals surface area contributed by atoms with Gasteiger partial charge in [-0.05, 0) is 30.7 Å². The highest BCUT2D eigenvalue weighted by atomic mass is 16.2. The van der Waals surface area contributed by atoms with E-state index < -0.39 is 0 Å². The Morgan fingerprint density at radius 1 is 0.950 bits per heavy atom. The van der Waals surface area contributed by atoms with E-state index in [1.54, 1.807) is 4.90 Å². The van der Waals surface area contributed by atoms with Crippen LogP contribution in [0.4, 0.5) is 16.2 Å². The lowest BCUT2D eigenvalue weighted by atomic mass is 10.2. The first-order valence-electron chi connectivity index (χ1n) is 7.01. The molecule has 104 valence electrons. The molecule has 0 saturated carbocycles. The number of amides is 2. The third-order valence-electron chi connectivity index (χ3n) is 3.04. The summed E-state index contributed by atoms with van der Waals surface area (Å²) < 4.78 is 0. The number of nitrogens with zero attached hydrogens (tertiary/aromatic N) is 1. The number of anilines is 2. The summed E-state index contributed by atoms with van der Waals surface area (Å²) in [5.41, 5.74) is 1.74. The maximum atomic E-state index is 12.4. The summed E-state index contributed by atoms with van der Waals surface area (Å²) in [7, 11) is 0. The molecule has 3 heteroatoms. The Labute approximate surface area is 120 Å². The molecule has 0 aromatic heterocycles. The normalized spacial score (nSPS) is 10.1. The van der Waals surface area contributed by atoms with E-state index in [9.17, 15) is 4.79 Å². The molecule has 2 aromatic carbocycles. The monoisotopic (exact) mass is 268 g/mol. The standard InChI is InChI=1S/C17H20N2O/c1-2-3-14-18-17(20)19(15-10-6-4-7-11-15)16-12-8-5-9-13-16/h4-13H,2-3,14H2,1H3,(H,18,20). The molecule has 0 aliphatic heterocycles. The second-order valence-corrected chi connectivity index (χ2v) is 4.59. The van der Waals surface area contributed by atoms with Crippen LogP contribution in [0.5, 0.6) is 0 Å². The van der Waals surface area contributed by atoms with Gasteiger partial charge in [-0.1, -0.05) is 49.7 Å². The molecular weight excluding hydrogens is 248 g/mol. The van der Waals surface area contributed by atoms with Crippen LogP contribution in [0, 0.1) is 0 Å². The zero-order chi connectivity index (χ0) is 14.2. The van der Waals surface area contributed by atoms with Gasteiger partial charge in [-0.2, -0.15) is 0 Å². The van der Waals surface area contributed by atoms with Crippen molar-refractivity contribution in [2.75, 3.05) is 11.4 Å². The van der Waals surface area contributed by atoms with E-state index in [4.69, 9.17) is 0 Å². The minimum atomic E-state index is -0.0872. The fourth-order valence-corrected chi connectivity index (χ4v) is 1.99. The topological polar surface area (TPSA) is 32.3 Å². The molecule has 20 heavy (non-hydrogen) atoms. The molecule has 1 N–H and O–H groups in total. The molecule has 0 saturated heterocycles. The minimum absolute atomic E-state index is 0.0872. The molecule has 0 bridgehead atoms. The smallest absolute Gasteiger partial charge is 0.326 e. The van der Waals surface area contributed by atoms with Crippen LogP contribution in [0.15, 0.2) is 60.7 Å². The van der Waals surface area contributed by atoms with Crippen molar-refractivity contribution in [1.82, 2.24) is 5.32 Å². The van der Waals surface area contributed by atoms with Crippen LogP contribution in [-0.2, 0) is 0 Å². The van der Waals surface area contributed by atoms with E-state index in [2.05, 4.69) is 12.2 Å². The summed E-state index contributed by atoms with van der Waals surface area (Å²) >= 11 is 0. The lowest BCUT2D eigenvalue weighted by Crippen LogP contribution is -2.37. The van der Waals surface area contributed by atoms with Crippen molar-refractivity contribution in [2.24, 2.45) is 0 Å². The van der Waals surface area contributed by atoms with Gasteiger partial charge >= 0.3 is 6.03 Å². The average Bonchev–Trinajstić information content (AvgIpc) is 2.50. The fraction of sp³-hybridized carbons (Fsp3) is 0.235. The maximum Gasteiger partial charge on any atom is 0.326 e. The van der Waals surface area contributed by atoms with Gasteiger partial charge in [0, 0.05) is 6.54 Å². The first-order valence-corrected chi connectivity index (χ1v) is 7.01. The summed E-state index contributed by atoms with van der Waals surface area (Å²) in [5, 5.41) is 2.97. The van der Waals surface area contributed by atoms with Crippen LogP contribution < -0.4 is 10.2 Å². The predicted molar refractivity (Wildman–Crippen MR) is 83.3 cm³/mol. The summed E-state index contributed by atoms with van der Waals surface area (Å²) in [5.74, 6) is 0. The maximum absolute atomic E-state index is 12.4. The number of benzene rings is 2. The molecule has 0 radical (unpaired) electrons. The van der Waals surface area contributed by atoms with Gasteiger partial charge in [-0.15, -0.1) is 0 Å². The van der Waals surface area contributed by atoms with Crippen molar-refractivity contribution in [3.63, 3.8) is 0 Å². The third kappa shape index (κ3) is 3.60. The Hall–Kier alpha value is -2.29. The number of rotatable bonds is 5. The number of unbranched alkanes of at least 4 members (excludes halogenated alkanes) is 1. The second kappa shape index (κ2) is 7.34. The predicted octanol–water partition coefficient (Wildman–Crippen LogP) is 4.33. The van der Waals surface area contributed by atoms with E-state index in [1.165, 1.54) is 0 Å². The van der Waals surface area contributed by atoms with Crippen LogP contribution >= 0.6 is 0 Å². The van der Waals surface area contributed by atoms with Crippen LogP contribution in [0.2, 0.25) is 0 Å². The molecule has 0 atom stereocenters. The van der Waals surface area contributed by atoms with Gasteiger partial charge in [0.05, 0.1) is 11.4 Å². The van der Waals surface area contributed by atoms with Gasteiger partial charge in [0.2, 0.25) is 0 Å². The van der Waals surface area contributed by atoms with Crippen molar-refractivity contribution in [3.8, 4) is 0 Å². The Morgan fingerprint density at radius 3 is 1.90 bits per heavy atom. The molecular formula is C17H20N2O. The zero-order valence-corrected chi connectivity index (χ0v) is 11.8. The largest absolute Gasteiger partial charge is 0.337 e. The van der Waals surface area contributed by atoms with Crippen molar-refractivity contribution < 1.29 is 4.79 Å². The van der Waals surface area contributed by atoms with Crippen LogP contribution in [0.1, 0.15) is 19.8 Å². The number of carbonyl (C=O) groups excluding carboxylic acids is 1. The number of nitrogens with one attached hydrogen (secondary N) is 1. The van der Waals surface area contributed by atoms with Crippen molar-refractivity contribution in [3.05, 3.63) is 60.7 Å². The Kier molecular flexibility index (Phi) is 5.18. The molecule has 0 fully saturated rings. The first kappa shape index (κ1) is 14.1. The van der Waals surface area contributed by atoms with E-state index >= 15 is 0 Å². The highest BCUT2D eigenvalue weighted by molar-refractivity contribution is 5.99. The molecule has 0 spiro atoms. The van der Waals surface area contributed by atoms with Crippen LogP contribution in [-0.4, -0.2) is 12.6 Å². The van der Waals surface area contributed by atoms with E-state index in [1.807, 2.05) is 60.7 Å². The summed E-state index contributed by atoms with van der Waals surface area (Å²) in [6, 6.07) is 19.3. The van der Waals surface area contributed by atoms with Gasteiger partial charge in [0.15, 0.2) is 0 Å². The molecule has 2 aromatic rings. The van der Waals surface area contributed by atoms with Crippen molar-refractivity contribution in [2.45, 2.75) is 19.8 Å². The SMILES string of the molecule is CCCCNC(=O)N(c1ccccc1)c1ccccc1. The molecule has 0 heterocycles. The summed E-state index contributed by atoms with van der Waals surface area (Å²) in [4.78, 5) is 14.1. The van der Waals surface area contributed by atoms with Crippen LogP contribution in [0.25, 0.3) is 0 Å². The molecule has 0 aliphatic carbocycles. The summed E-state index contributed by atoms with van der Waals surface area (Å²) in [6.45, 7) is 2.81. The van der Waals surface area contributed by atoms with E-state index in [0.29, 0.717) is 6.54 Å². The fourth-order valence-electron chi connectivity index (χ4n) is 1.99. The third-order valence-corrected chi connectivity index (χ3v) is 3.04. The van der Waals surface area contributed by atoms with Gasteiger partial charge < -0.3 is 5.32 Å². The lowest BCUT2D eigenvalue weighted by molar-refractivity contribution is 0.248. The van der Waals surface area contributed by atoms with Crippen molar-refractivity contribution in [1.29, 1.82) is 0 Å². The number of hydrogen-bond acceptors (Lipinski definition) is 1. The van der Waals surface area contributed by atoms with E-state index in [-0.39, 0.29) is 6.03 Å². The second-order valence-electron chi connectivity index (χ2n) is 4.59. The molecule has 3 nitrogen and oxygen atoms in total. The Balaban J connectivity index is 2.23. The van der Waals surface area contributed by atoms with Gasteiger partial charge in [0.1, 0.15) is 0 Å². The number of para-hydroxylation sites is 2. The van der Waals surface area contributed by atoms with Gasteiger partial charge in [0.25, 0.3) is 0 Å². The van der Waals surface area contributed by atoms with E-state index in [0.717, 1.165) is 24.2 Å². The number of urea groups is 1. The lowest BCUT2D eigenvalue weighted by Gasteiger charge is -2.23. The Morgan fingerprint density at radius 2 is 1.45 bits per heavy atom. The highest BCUT2D eigenvalue weighted by Gasteiger charge is 2.16. The molecule has 0 unspecified atom stereocenters. The average molecular weight is 268 g/mol. The Bertz CT molecular complexity index is 486. The summed E-state index contributed by atoms with van der Waals surface area (Å²) in [6.07, 6.45) is 2.06. The van der Waals surface area contributed by atoms with Gasteiger partial charge in [-0.25, -0.2) is 4.79 Å². The van der Waals surface area contributed by atoms with Gasteiger partial charge in [-0.3, -0.25) is 4.90 Å². The molecule has 2 rings (SSSR count). The van der Waals surface area contributed by atoms with Crippen molar-refractivity contribution >= 4 is 17.4 Å². The molecule has 2 amide bonds. The number of hydrogen-bond donors (Lipinski definition) is 1. The van der Waals surface area contributed by atoms with Crippen LogP contribution in [0.3, 0.4) is 0 Å². The first-order chi connectivity index (χ1) is 9.83.